The average Bonchev–Trinajstić information content (AvgIpc) is 2.46. The second-order valence-electron chi connectivity index (χ2n) is 4.58. The number of halogens is 1. The fourth-order valence-corrected chi connectivity index (χ4v) is 2.42. The van der Waals surface area contributed by atoms with Crippen molar-refractivity contribution in [2.45, 2.75) is 26.3 Å². The molecule has 1 aliphatic rings. The fraction of sp³-hybridized carbons (Fsp3) is 0.615. The number of carbonyl (C=O) groups excluding carboxylic acids is 1. The molecule has 1 fully saturated rings. The molecule has 6 heteroatoms. The molecule has 104 valence electrons. The molecule has 1 saturated heterocycles. The first-order valence-electron chi connectivity index (χ1n) is 6.45. The molecule has 1 aromatic rings. The maximum atomic E-state index is 12.6. The number of aromatic nitrogens is 2. The number of aryl methyl sites for hydroxylation is 2. The Hall–Kier alpha value is -1.20. The summed E-state index contributed by atoms with van der Waals surface area (Å²) in [5.41, 5.74) is 2.11. The highest BCUT2D eigenvalue weighted by atomic mass is 35.5. The van der Waals surface area contributed by atoms with Gasteiger partial charge in [0.2, 0.25) is 0 Å². The van der Waals surface area contributed by atoms with Gasteiger partial charge in [0.05, 0.1) is 36.2 Å². The first-order chi connectivity index (χ1) is 9.17. The summed E-state index contributed by atoms with van der Waals surface area (Å²) >= 11 is 5.91. The van der Waals surface area contributed by atoms with E-state index in [0.717, 1.165) is 11.4 Å². The van der Waals surface area contributed by atoms with Crippen LogP contribution in [0.25, 0.3) is 0 Å². The Labute approximate surface area is 117 Å². The van der Waals surface area contributed by atoms with Gasteiger partial charge in [0, 0.05) is 12.4 Å². The number of nitrogens with zero attached hydrogens (tertiary/aromatic N) is 3. The number of ether oxygens (including phenoxy) is 1. The summed E-state index contributed by atoms with van der Waals surface area (Å²) in [6.45, 7) is 5.42. The van der Waals surface area contributed by atoms with Crippen LogP contribution in [0.15, 0.2) is 6.07 Å². The highest BCUT2D eigenvalue weighted by molar-refractivity contribution is 6.18. The summed E-state index contributed by atoms with van der Waals surface area (Å²) in [4.78, 5) is 14.4. The standard InChI is InChI=1S/C13H18ClN3O2/c1-3-12-11(6-9(2)15-16-12)13(18)17-4-5-19-8-10(17)7-14/h6,10H,3-5,7-8H2,1-2H3. The van der Waals surface area contributed by atoms with Crippen LogP contribution in [0.1, 0.15) is 28.7 Å². The number of rotatable bonds is 3. The molecule has 1 unspecified atom stereocenters. The summed E-state index contributed by atoms with van der Waals surface area (Å²) in [5.74, 6) is 0.355. The van der Waals surface area contributed by atoms with Crippen LogP contribution in [0.3, 0.4) is 0 Å². The van der Waals surface area contributed by atoms with E-state index in [4.69, 9.17) is 16.3 Å². The number of alkyl halides is 1. The molecule has 1 aliphatic heterocycles. The maximum absolute atomic E-state index is 12.6. The highest BCUT2D eigenvalue weighted by Gasteiger charge is 2.29. The summed E-state index contributed by atoms with van der Waals surface area (Å²) in [6, 6.07) is 1.73. The number of hydrogen-bond donors (Lipinski definition) is 0. The SMILES string of the molecule is CCc1nnc(C)cc1C(=O)N1CCOCC1CCl. The maximum Gasteiger partial charge on any atom is 0.256 e. The van der Waals surface area contributed by atoms with Gasteiger partial charge in [-0.2, -0.15) is 10.2 Å². The Kier molecular flexibility index (Phi) is 4.71. The molecule has 1 amide bonds. The lowest BCUT2D eigenvalue weighted by Gasteiger charge is -2.34. The Morgan fingerprint density at radius 3 is 3.05 bits per heavy atom. The second-order valence-corrected chi connectivity index (χ2v) is 4.89. The van der Waals surface area contributed by atoms with Crippen molar-refractivity contribution in [1.29, 1.82) is 0 Å². The first-order valence-corrected chi connectivity index (χ1v) is 6.98. The molecule has 2 rings (SSSR count). The number of morpholine rings is 1. The molecule has 0 bridgehead atoms. The molecule has 0 aromatic carbocycles. The summed E-state index contributed by atoms with van der Waals surface area (Å²) < 4.78 is 5.36. The highest BCUT2D eigenvalue weighted by Crippen LogP contribution is 2.16. The molecular formula is C13H18ClN3O2. The van der Waals surface area contributed by atoms with Crippen LogP contribution in [-0.4, -0.2) is 52.7 Å². The molecule has 1 aromatic heterocycles. The summed E-state index contributed by atoms with van der Waals surface area (Å²) in [7, 11) is 0. The van der Waals surface area contributed by atoms with E-state index in [1.165, 1.54) is 0 Å². The molecule has 0 spiro atoms. The Morgan fingerprint density at radius 2 is 2.37 bits per heavy atom. The van der Waals surface area contributed by atoms with Crippen molar-refractivity contribution in [3.05, 3.63) is 23.0 Å². The van der Waals surface area contributed by atoms with E-state index in [1.807, 2.05) is 13.8 Å². The quantitative estimate of drug-likeness (QED) is 0.788. The van der Waals surface area contributed by atoms with Crippen LogP contribution in [0.2, 0.25) is 0 Å². The van der Waals surface area contributed by atoms with Gasteiger partial charge in [0.15, 0.2) is 0 Å². The smallest absolute Gasteiger partial charge is 0.256 e. The van der Waals surface area contributed by atoms with Gasteiger partial charge in [-0.1, -0.05) is 6.92 Å². The van der Waals surface area contributed by atoms with Crippen molar-refractivity contribution in [3.8, 4) is 0 Å². The molecule has 1 atom stereocenters. The molecule has 0 saturated carbocycles. The topological polar surface area (TPSA) is 55.3 Å². The van der Waals surface area contributed by atoms with Gasteiger partial charge in [-0.3, -0.25) is 4.79 Å². The number of amides is 1. The summed E-state index contributed by atoms with van der Waals surface area (Å²) in [5, 5.41) is 8.11. The first kappa shape index (κ1) is 14.2. The van der Waals surface area contributed by atoms with Gasteiger partial charge < -0.3 is 9.64 Å². The lowest BCUT2D eigenvalue weighted by Crippen LogP contribution is -2.49. The Balaban J connectivity index is 2.29. The van der Waals surface area contributed by atoms with E-state index in [1.54, 1.807) is 11.0 Å². The zero-order valence-electron chi connectivity index (χ0n) is 11.2. The number of hydrogen-bond acceptors (Lipinski definition) is 4. The minimum atomic E-state index is -0.0684. The third-order valence-corrected chi connectivity index (χ3v) is 3.58. The predicted octanol–water partition coefficient (Wildman–Crippen LogP) is 1.43. The predicted molar refractivity (Wildman–Crippen MR) is 72.5 cm³/mol. The van der Waals surface area contributed by atoms with E-state index in [-0.39, 0.29) is 11.9 Å². The molecule has 0 N–H and O–H groups in total. The fourth-order valence-electron chi connectivity index (χ4n) is 2.17. The van der Waals surface area contributed by atoms with Crippen LogP contribution in [-0.2, 0) is 11.2 Å². The lowest BCUT2D eigenvalue weighted by atomic mass is 10.1. The van der Waals surface area contributed by atoms with Gasteiger partial charge in [-0.05, 0) is 19.4 Å². The van der Waals surface area contributed by atoms with E-state index in [9.17, 15) is 4.79 Å². The van der Waals surface area contributed by atoms with Crippen molar-refractivity contribution in [3.63, 3.8) is 0 Å². The molecule has 19 heavy (non-hydrogen) atoms. The van der Waals surface area contributed by atoms with Crippen molar-refractivity contribution < 1.29 is 9.53 Å². The van der Waals surface area contributed by atoms with Crippen molar-refractivity contribution >= 4 is 17.5 Å². The zero-order valence-corrected chi connectivity index (χ0v) is 12.0. The zero-order chi connectivity index (χ0) is 13.8. The monoisotopic (exact) mass is 283 g/mol. The van der Waals surface area contributed by atoms with Crippen LogP contribution in [0, 0.1) is 6.92 Å². The van der Waals surface area contributed by atoms with Gasteiger partial charge >= 0.3 is 0 Å². The van der Waals surface area contributed by atoms with Crippen LogP contribution in [0.5, 0.6) is 0 Å². The van der Waals surface area contributed by atoms with Crippen LogP contribution < -0.4 is 0 Å². The molecule has 5 nitrogen and oxygen atoms in total. The Bertz CT molecular complexity index is 467. The van der Waals surface area contributed by atoms with E-state index < -0.39 is 0 Å². The minimum Gasteiger partial charge on any atom is -0.377 e. The van der Waals surface area contributed by atoms with Gasteiger partial charge in [-0.15, -0.1) is 11.6 Å². The van der Waals surface area contributed by atoms with E-state index in [2.05, 4.69) is 10.2 Å². The molecule has 0 aliphatic carbocycles. The van der Waals surface area contributed by atoms with Crippen LogP contribution in [0.4, 0.5) is 0 Å². The van der Waals surface area contributed by atoms with E-state index in [0.29, 0.717) is 37.6 Å². The van der Waals surface area contributed by atoms with Crippen molar-refractivity contribution in [2.75, 3.05) is 25.6 Å². The van der Waals surface area contributed by atoms with Gasteiger partial charge in [-0.25, -0.2) is 0 Å². The average molecular weight is 284 g/mol. The van der Waals surface area contributed by atoms with Crippen LogP contribution >= 0.6 is 11.6 Å². The second kappa shape index (κ2) is 6.30. The van der Waals surface area contributed by atoms with Crippen molar-refractivity contribution in [2.24, 2.45) is 0 Å². The third-order valence-electron chi connectivity index (χ3n) is 3.22. The summed E-state index contributed by atoms with van der Waals surface area (Å²) in [6.07, 6.45) is 0.685. The molecular weight excluding hydrogens is 266 g/mol. The van der Waals surface area contributed by atoms with E-state index >= 15 is 0 Å². The molecule has 0 radical (unpaired) electrons. The molecule has 2 heterocycles. The third kappa shape index (κ3) is 3.04. The lowest BCUT2D eigenvalue weighted by molar-refractivity contribution is 0.00445. The normalized spacial score (nSPS) is 19.5. The minimum absolute atomic E-state index is 0.0243. The van der Waals surface area contributed by atoms with Crippen molar-refractivity contribution in [1.82, 2.24) is 15.1 Å². The van der Waals surface area contributed by atoms with Gasteiger partial charge in [0.1, 0.15) is 0 Å². The Morgan fingerprint density at radius 1 is 1.58 bits per heavy atom. The van der Waals surface area contributed by atoms with Gasteiger partial charge in [0.25, 0.3) is 5.91 Å². The largest absolute Gasteiger partial charge is 0.377 e. The number of carbonyl (C=O) groups is 1.